The molecule has 2 rings (SSSR count). The minimum Gasteiger partial charge on any atom is -0.339 e. The molecule has 74 valence electrons. The number of nitriles is 1. The van der Waals surface area contributed by atoms with E-state index in [4.69, 9.17) is 5.26 Å². The Balaban J connectivity index is 2.66. The first-order chi connectivity index (χ1) is 7.22. The molecule has 0 saturated heterocycles. The predicted molar refractivity (Wildman–Crippen MR) is 57.3 cm³/mol. The van der Waals surface area contributed by atoms with E-state index in [-0.39, 0.29) is 5.78 Å². The molecule has 0 amide bonds. The molecular formula is C12H10N2O. The normalized spacial score (nSPS) is 10.1. The van der Waals surface area contributed by atoms with Gasteiger partial charge < -0.3 is 4.57 Å². The van der Waals surface area contributed by atoms with E-state index in [1.165, 1.54) is 0 Å². The largest absolute Gasteiger partial charge is 0.339 e. The van der Waals surface area contributed by atoms with Gasteiger partial charge in [0.25, 0.3) is 0 Å². The zero-order chi connectivity index (χ0) is 10.8. The van der Waals surface area contributed by atoms with Crippen LogP contribution in [0.4, 0.5) is 0 Å². The van der Waals surface area contributed by atoms with Gasteiger partial charge in [0.2, 0.25) is 0 Å². The number of aromatic nitrogens is 1. The first-order valence-corrected chi connectivity index (χ1v) is 4.70. The lowest BCUT2D eigenvalue weighted by atomic mass is 10.2. The number of carbonyl (C=O) groups is 1. The van der Waals surface area contributed by atoms with Crippen LogP contribution < -0.4 is 0 Å². The van der Waals surface area contributed by atoms with E-state index in [9.17, 15) is 4.79 Å². The van der Waals surface area contributed by atoms with Crippen LogP contribution in [-0.2, 0) is 11.3 Å². The van der Waals surface area contributed by atoms with Crippen LogP contribution in [0.15, 0.2) is 30.5 Å². The van der Waals surface area contributed by atoms with Crippen LogP contribution in [-0.4, -0.2) is 10.4 Å². The van der Waals surface area contributed by atoms with Crippen LogP contribution in [0.1, 0.15) is 12.5 Å². The zero-order valence-electron chi connectivity index (χ0n) is 8.40. The number of para-hydroxylation sites is 1. The SMILES string of the molecule is CC(=O)Cn1cc(C#N)c2ccccc21. The fourth-order valence-electron chi connectivity index (χ4n) is 1.71. The average molecular weight is 198 g/mol. The van der Waals surface area contributed by atoms with Gasteiger partial charge in [-0.2, -0.15) is 5.26 Å². The number of fused-ring (bicyclic) bond motifs is 1. The molecule has 0 bridgehead atoms. The van der Waals surface area contributed by atoms with Gasteiger partial charge >= 0.3 is 0 Å². The predicted octanol–water partition coefficient (Wildman–Crippen LogP) is 2.10. The van der Waals surface area contributed by atoms with Crippen LogP contribution in [0, 0.1) is 11.3 Å². The molecule has 0 aliphatic carbocycles. The Bertz CT molecular complexity index is 560. The quantitative estimate of drug-likeness (QED) is 0.741. The van der Waals surface area contributed by atoms with E-state index in [1.807, 2.05) is 28.8 Å². The molecule has 0 saturated carbocycles. The van der Waals surface area contributed by atoms with Crippen LogP contribution in [0.5, 0.6) is 0 Å². The maximum atomic E-state index is 11.1. The van der Waals surface area contributed by atoms with Gasteiger partial charge in [-0.15, -0.1) is 0 Å². The molecule has 0 spiro atoms. The Kier molecular flexibility index (Phi) is 2.26. The Labute approximate surface area is 87.5 Å². The number of benzene rings is 1. The Morgan fingerprint density at radius 3 is 2.87 bits per heavy atom. The summed E-state index contributed by atoms with van der Waals surface area (Å²) in [5.74, 6) is 0.0836. The molecule has 1 heterocycles. The summed E-state index contributed by atoms with van der Waals surface area (Å²) < 4.78 is 1.82. The van der Waals surface area contributed by atoms with Crippen LogP contribution in [0.25, 0.3) is 10.9 Å². The number of rotatable bonds is 2. The number of Topliss-reactive ketones (excluding diaryl/α,β-unsaturated/α-hetero) is 1. The fraction of sp³-hybridized carbons (Fsp3) is 0.167. The molecule has 0 aliphatic rings. The van der Waals surface area contributed by atoms with Gasteiger partial charge in [-0.1, -0.05) is 18.2 Å². The van der Waals surface area contributed by atoms with Crippen molar-refractivity contribution in [2.24, 2.45) is 0 Å². The topological polar surface area (TPSA) is 45.8 Å². The van der Waals surface area contributed by atoms with Crippen LogP contribution in [0.2, 0.25) is 0 Å². The van der Waals surface area contributed by atoms with Gasteiger partial charge in [0.1, 0.15) is 11.9 Å². The van der Waals surface area contributed by atoms with E-state index in [0.29, 0.717) is 12.1 Å². The van der Waals surface area contributed by atoms with Crippen molar-refractivity contribution in [2.75, 3.05) is 0 Å². The van der Waals surface area contributed by atoms with Crippen molar-refractivity contribution in [3.8, 4) is 6.07 Å². The maximum absolute atomic E-state index is 11.1. The second-order valence-electron chi connectivity index (χ2n) is 3.50. The van der Waals surface area contributed by atoms with Gasteiger partial charge in [0.15, 0.2) is 0 Å². The zero-order valence-corrected chi connectivity index (χ0v) is 8.40. The van der Waals surface area contributed by atoms with Gasteiger partial charge in [0.05, 0.1) is 12.1 Å². The lowest BCUT2D eigenvalue weighted by Crippen LogP contribution is -2.04. The molecule has 0 N–H and O–H groups in total. The molecule has 2 aromatic rings. The summed E-state index contributed by atoms with van der Waals surface area (Å²) in [4.78, 5) is 11.1. The molecular weight excluding hydrogens is 188 g/mol. The first-order valence-electron chi connectivity index (χ1n) is 4.70. The summed E-state index contributed by atoms with van der Waals surface area (Å²) in [6.07, 6.45) is 1.73. The van der Waals surface area contributed by atoms with E-state index in [1.54, 1.807) is 13.1 Å². The lowest BCUT2D eigenvalue weighted by molar-refractivity contribution is -0.117. The highest BCUT2D eigenvalue weighted by Crippen LogP contribution is 2.20. The highest BCUT2D eigenvalue weighted by Gasteiger charge is 2.07. The highest BCUT2D eigenvalue weighted by atomic mass is 16.1. The summed E-state index contributed by atoms with van der Waals surface area (Å²) in [7, 11) is 0. The second kappa shape index (κ2) is 3.58. The Morgan fingerprint density at radius 1 is 1.47 bits per heavy atom. The standard InChI is InChI=1S/C12H10N2O/c1-9(15)7-14-8-10(6-13)11-4-2-3-5-12(11)14/h2-5,8H,7H2,1H3. The van der Waals surface area contributed by atoms with Crippen molar-refractivity contribution in [1.82, 2.24) is 4.57 Å². The summed E-state index contributed by atoms with van der Waals surface area (Å²) in [6, 6.07) is 9.73. The number of carbonyl (C=O) groups excluding carboxylic acids is 1. The van der Waals surface area contributed by atoms with Crippen molar-refractivity contribution in [1.29, 1.82) is 5.26 Å². The van der Waals surface area contributed by atoms with Crippen molar-refractivity contribution in [2.45, 2.75) is 13.5 Å². The van der Waals surface area contributed by atoms with E-state index >= 15 is 0 Å². The number of hydrogen-bond donors (Lipinski definition) is 0. The number of nitrogens with zero attached hydrogens (tertiary/aromatic N) is 2. The Hall–Kier alpha value is -2.08. The molecule has 0 aliphatic heterocycles. The summed E-state index contributed by atoms with van der Waals surface area (Å²) in [5, 5.41) is 9.84. The van der Waals surface area contributed by atoms with Crippen molar-refractivity contribution in [3.05, 3.63) is 36.0 Å². The second-order valence-corrected chi connectivity index (χ2v) is 3.50. The minimum atomic E-state index is 0.0836. The van der Waals surface area contributed by atoms with Crippen molar-refractivity contribution >= 4 is 16.7 Å². The van der Waals surface area contributed by atoms with Crippen LogP contribution >= 0.6 is 0 Å². The first kappa shape index (κ1) is 9.47. The van der Waals surface area contributed by atoms with Gasteiger partial charge in [-0.05, 0) is 13.0 Å². The number of hydrogen-bond acceptors (Lipinski definition) is 2. The highest BCUT2D eigenvalue weighted by molar-refractivity contribution is 5.88. The Morgan fingerprint density at radius 2 is 2.20 bits per heavy atom. The van der Waals surface area contributed by atoms with Crippen molar-refractivity contribution < 1.29 is 4.79 Å². The smallest absolute Gasteiger partial charge is 0.149 e. The van der Waals surface area contributed by atoms with E-state index in [0.717, 1.165) is 10.9 Å². The van der Waals surface area contributed by atoms with E-state index < -0.39 is 0 Å². The van der Waals surface area contributed by atoms with Gasteiger partial charge in [-0.3, -0.25) is 4.79 Å². The number of ketones is 1. The summed E-state index contributed by atoms with van der Waals surface area (Å²) in [5.41, 5.74) is 1.55. The van der Waals surface area contributed by atoms with Gasteiger partial charge in [0, 0.05) is 17.1 Å². The molecule has 0 radical (unpaired) electrons. The molecule has 3 nitrogen and oxygen atoms in total. The molecule has 0 unspecified atom stereocenters. The van der Waals surface area contributed by atoms with Crippen molar-refractivity contribution in [3.63, 3.8) is 0 Å². The molecule has 0 fully saturated rings. The third-order valence-electron chi connectivity index (χ3n) is 2.30. The lowest BCUT2D eigenvalue weighted by Gasteiger charge is -2.00. The third-order valence-corrected chi connectivity index (χ3v) is 2.30. The van der Waals surface area contributed by atoms with E-state index in [2.05, 4.69) is 6.07 Å². The molecule has 15 heavy (non-hydrogen) atoms. The summed E-state index contributed by atoms with van der Waals surface area (Å²) in [6.45, 7) is 1.86. The maximum Gasteiger partial charge on any atom is 0.149 e. The average Bonchev–Trinajstić information content (AvgIpc) is 2.56. The molecule has 0 atom stereocenters. The van der Waals surface area contributed by atoms with Crippen LogP contribution in [0.3, 0.4) is 0 Å². The fourth-order valence-corrected chi connectivity index (χ4v) is 1.71. The molecule has 1 aromatic carbocycles. The summed E-state index contributed by atoms with van der Waals surface area (Å²) >= 11 is 0. The monoisotopic (exact) mass is 198 g/mol. The minimum absolute atomic E-state index is 0.0836. The molecule has 3 heteroatoms. The molecule has 1 aromatic heterocycles. The third kappa shape index (κ3) is 1.62. The van der Waals surface area contributed by atoms with Gasteiger partial charge in [-0.25, -0.2) is 0 Å².